The molecule has 27 heavy (non-hydrogen) atoms. The number of carbonyl (C=O) groups is 1. The first kappa shape index (κ1) is 18.0. The van der Waals surface area contributed by atoms with Crippen molar-refractivity contribution >= 4 is 46.9 Å². The quantitative estimate of drug-likeness (QED) is 0.487. The summed E-state index contributed by atoms with van der Waals surface area (Å²) in [5.41, 5.74) is 1.57. The lowest BCUT2D eigenvalue weighted by atomic mass is 10.2. The predicted molar refractivity (Wildman–Crippen MR) is 109 cm³/mol. The summed E-state index contributed by atoms with van der Waals surface area (Å²) in [5.74, 6) is 1.19. The summed E-state index contributed by atoms with van der Waals surface area (Å²) in [6.45, 7) is 2.04. The maximum atomic E-state index is 12.5. The van der Waals surface area contributed by atoms with E-state index in [1.165, 1.54) is 23.1 Å². The van der Waals surface area contributed by atoms with Gasteiger partial charge in [-0.2, -0.15) is 0 Å². The van der Waals surface area contributed by atoms with Gasteiger partial charge in [-0.25, -0.2) is 4.68 Å². The first-order valence-corrected chi connectivity index (χ1v) is 10.2. The second-order valence-electron chi connectivity index (χ2n) is 5.70. The van der Waals surface area contributed by atoms with E-state index in [9.17, 15) is 4.79 Å². The molecule has 1 unspecified atom stereocenters. The van der Waals surface area contributed by atoms with Crippen LogP contribution in [0.15, 0.2) is 52.9 Å². The minimum Gasteiger partial charge on any atom is -0.454 e. The van der Waals surface area contributed by atoms with Crippen LogP contribution in [0.25, 0.3) is 5.69 Å². The lowest BCUT2D eigenvalue weighted by Gasteiger charge is -2.10. The van der Waals surface area contributed by atoms with Crippen molar-refractivity contribution < 1.29 is 14.3 Å². The summed E-state index contributed by atoms with van der Waals surface area (Å²) in [6.07, 6.45) is 0. The Kier molecular flexibility index (Phi) is 5.15. The van der Waals surface area contributed by atoms with Crippen molar-refractivity contribution in [3.05, 3.63) is 52.5 Å². The van der Waals surface area contributed by atoms with E-state index in [0.717, 1.165) is 10.0 Å². The van der Waals surface area contributed by atoms with Gasteiger partial charge in [0.1, 0.15) is 0 Å². The molecule has 1 atom stereocenters. The third-order valence-corrected chi connectivity index (χ3v) is 6.23. The molecule has 1 amide bonds. The number of carbonyl (C=O) groups excluding carboxylic acids is 1. The number of hydrogen-bond donors (Lipinski definition) is 1. The Balaban J connectivity index is 1.44. The number of anilines is 1. The van der Waals surface area contributed by atoms with Crippen LogP contribution in [-0.4, -0.2) is 27.7 Å². The summed E-state index contributed by atoms with van der Waals surface area (Å²) >= 11 is 8.17. The molecule has 1 N–H and O–H groups in total. The Bertz CT molecular complexity index is 1030. The SMILES string of the molecule is CC(Sc1nn(-c2ccccc2)c(=S)s1)C(=O)Nc1ccc2c(c1)OCO2. The molecule has 3 aromatic rings. The number of benzene rings is 2. The monoisotopic (exact) mass is 417 g/mol. The average Bonchev–Trinajstić information content (AvgIpc) is 3.28. The van der Waals surface area contributed by atoms with E-state index in [0.29, 0.717) is 21.1 Å². The number of hydrogen-bond acceptors (Lipinski definition) is 7. The number of fused-ring (bicyclic) bond motifs is 1. The van der Waals surface area contributed by atoms with Gasteiger partial charge in [-0.3, -0.25) is 4.79 Å². The Morgan fingerprint density at radius 2 is 2.04 bits per heavy atom. The molecule has 1 aliphatic heterocycles. The van der Waals surface area contributed by atoms with Gasteiger partial charge in [0, 0.05) is 11.8 Å². The van der Waals surface area contributed by atoms with E-state index < -0.39 is 0 Å². The van der Waals surface area contributed by atoms with E-state index in [2.05, 4.69) is 10.4 Å². The number of para-hydroxylation sites is 1. The number of ether oxygens (including phenoxy) is 2. The van der Waals surface area contributed by atoms with Crippen molar-refractivity contribution in [2.75, 3.05) is 12.1 Å². The summed E-state index contributed by atoms with van der Waals surface area (Å²) in [6, 6.07) is 15.0. The molecule has 2 heterocycles. The van der Waals surface area contributed by atoms with Crippen LogP contribution in [0.2, 0.25) is 0 Å². The fourth-order valence-electron chi connectivity index (χ4n) is 2.46. The van der Waals surface area contributed by atoms with Crippen LogP contribution >= 0.6 is 35.3 Å². The summed E-state index contributed by atoms with van der Waals surface area (Å²) in [7, 11) is 0. The van der Waals surface area contributed by atoms with Crippen molar-refractivity contribution in [3.8, 4) is 17.2 Å². The van der Waals surface area contributed by atoms with Gasteiger partial charge < -0.3 is 14.8 Å². The minimum absolute atomic E-state index is 0.119. The molecule has 138 valence electrons. The van der Waals surface area contributed by atoms with Gasteiger partial charge in [-0.15, -0.1) is 5.10 Å². The van der Waals surface area contributed by atoms with Crippen molar-refractivity contribution in [1.29, 1.82) is 0 Å². The van der Waals surface area contributed by atoms with Crippen LogP contribution in [0.1, 0.15) is 6.92 Å². The van der Waals surface area contributed by atoms with Gasteiger partial charge in [-0.1, -0.05) is 41.3 Å². The second-order valence-corrected chi connectivity index (χ2v) is 8.91. The molecule has 0 fully saturated rings. The first-order chi connectivity index (χ1) is 13.1. The lowest BCUT2D eigenvalue weighted by molar-refractivity contribution is -0.115. The molecule has 1 aliphatic rings. The van der Waals surface area contributed by atoms with Crippen LogP contribution in [0.5, 0.6) is 11.5 Å². The lowest BCUT2D eigenvalue weighted by Crippen LogP contribution is -2.22. The van der Waals surface area contributed by atoms with Crippen molar-refractivity contribution in [3.63, 3.8) is 0 Å². The summed E-state index contributed by atoms with van der Waals surface area (Å²) in [5, 5.41) is 7.09. The van der Waals surface area contributed by atoms with E-state index in [-0.39, 0.29) is 18.0 Å². The van der Waals surface area contributed by atoms with Gasteiger partial charge in [0.25, 0.3) is 0 Å². The highest BCUT2D eigenvalue weighted by atomic mass is 32.2. The van der Waals surface area contributed by atoms with Crippen molar-refractivity contribution in [2.45, 2.75) is 16.5 Å². The van der Waals surface area contributed by atoms with Crippen molar-refractivity contribution in [1.82, 2.24) is 9.78 Å². The van der Waals surface area contributed by atoms with Crippen LogP contribution in [0.3, 0.4) is 0 Å². The molecule has 6 nitrogen and oxygen atoms in total. The zero-order valence-electron chi connectivity index (χ0n) is 14.2. The molecular formula is C18H15N3O3S3. The Morgan fingerprint density at radius 3 is 2.85 bits per heavy atom. The van der Waals surface area contributed by atoms with Crippen LogP contribution in [0.4, 0.5) is 5.69 Å². The van der Waals surface area contributed by atoms with E-state index in [1.54, 1.807) is 22.9 Å². The first-order valence-electron chi connectivity index (χ1n) is 8.13. The van der Waals surface area contributed by atoms with E-state index >= 15 is 0 Å². The third-order valence-electron chi connectivity index (χ3n) is 3.82. The maximum absolute atomic E-state index is 12.5. The minimum atomic E-state index is -0.333. The van der Waals surface area contributed by atoms with Crippen molar-refractivity contribution in [2.24, 2.45) is 0 Å². The molecule has 0 saturated heterocycles. The van der Waals surface area contributed by atoms with Gasteiger partial charge in [-0.05, 0) is 43.4 Å². The zero-order valence-corrected chi connectivity index (χ0v) is 16.7. The number of aromatic nitrogens is 2. The highest BCUT2D eigenvalue weighted by Crippen LogP contribution is 2.34. The number of thioether (sulfide) groups is 1. The molecule has 0 saturated carbocycles. The smallest absolute Gasteiger partial charge is 0.237 e. The summed E-state index contributed by atoms with van der Waals surface area (Å²) < 4.78 is 13.7. The number of nitrogens with one attached hydrogen (secondary N) is 1. The fourth-order valence-corrected chi connectivity index (χ4v) is 4.97. The third kappa shape index (κ3) is 4.00. The standard InChI is InChI=1S/C18H15N3O3S3/c1-11(16(22)19-12-7-8-14-15(9-12)24-10-23-14)26-17-20-21(18(25)27-17)13-5-3-2-4-6-13/h2-9,11H,10H2,1H3,(H,19,22). The van der Waals surface area contributed by atoms with E-state index in [1.807, 2.05) is 37.3 Å². The number of rotatable bonds is 5. The molecule has 9 heteroatoms. The topological polar surface area (TPSA) is 65.4 Å². The number of amides is 1. The Morgan fingerprint density at radius 1 is 1.26 bits per heavy atom. The molecule has 2 aromatic carbocycles. The van der Waals surface area contributed by atoms with Gasteiger partial charge in [0.2, 0.25) is 12.7 Å². The van der Waals surface area contributed by atoms with E-state index in [4.69, 9.17) is 21.7 Å². The van der Waals surface area contributed by atoms with Crippen LogP contribution in [-0.2, 0) is 4.79 Å². The molecule has 0 aliphatic carbocycles. The normalized spacial score (nSPS) is 13.4. The summed E-state index contributed by atoms with van der Waals surface area (Å²) in [4.78, 5) is 12.5. The zero-order chi connectivity index (χ0) is 18.8. The van der Waals surface area contributed by atoms with Gasteiger partial charge >= 0.3 is 0 Å². The van der Waals surface area contributed by atoms with Crippen LogP contribution in [0, 0.1) is 3.95 Å². The highest BCUT2D eigenvalue weighted by molar-refractivity contribution is 8.02. The average molecular weight is 418 g/mol. The van der Waals surface area contributed by atoms with Gasteiger partial charge in [0.05, 0.1) is 10.9 Å². The molecule has 0 bridgehead atoms. The predicted octanol–water partition coefficient (Wildman–Crippen LogP) is 4.51. The largest absolute Gasteiger partial charge is 0.454 e. The highest BCUT2D eigenvalue weighted by Gasteiger charge is 2.19. The maximum Gasteiger partial charge on any atom is 0.237 e. The Labute approximate surface area is 169 Å². The number of nitrogens with zero attached hydrogens (tertiary/aromatic N) is 2. The van der Waals surface area contributed by atoms with Crippen LogP contribution < -0.4 is 14.8 Å². The second kappa shape index (κ2) is 7.71. The molecule has 1 aromatic heterocycles. The molecular weight excluding hydrogens is 402 g/mol. The molecule has 0 spiro atoms. The Hall–Kier alpha value is -2.36. The van der Waals surface area contributed by atoms with Gasteiger partial charge in [0.15, 0.2) is 19.8 Å². The fraction of sp³-hybridized carbons (Fsp3) is 0.167. The molecule has 0 radical (unpaired) electrons. The molecule has 4 rings (SSSR count).